The van der Waals surface area contributed by atoms with Crippen LogP contribution < -0.4 is 0 Å². The lowest BCUT2D eigenvalue weighted by atomic mass is 10.0. The molecule has 0 atom stereocenters. The van der Waals surface area contributed by atoms with Gasteiger partial charge in [-0.3, -0.25) is 0 Å². The topological polar surface area (TPSA) is 50.4 Å². The third kappa shape index (κ3) is 5.51. The summed E-state index contributed by atoms with van der Waals surface area (Å²) >= 11 is 0. The summed E-state index contributed by atoms with van der Waals surface area (Å²) in [5.74, 6) is 0.108. The van der Waals surface area contributed by atoms with Crippen LogP contribution in [0.3, 0.4) is 0 Å². The molecule has 124 valence electrons. The maximum atomic E-state index is 12.7. The van der Waals surface area contributed by atoms with Crippen molar-refractivity contribution < 1.29 is 9.50 Å². The van der Waals surface area contributed by atoms with Gasteiger partial charge in [0.05, 0.1) is 0 Å². The molecule has 1 aliphatic rings. The van der Waals surface area contributed by atoms with Crippen LogP contribution in [0.4, 0.5) is 10.3 Å². The van der Waals surface area contributed by atoms with Crippen LogP contribution in [0.1, 0.15) is 46.0 Å². The zero-order valence-corrected chi connectivity index (χ0v) is 13.8. The van der Waals surface area contributed by atoms with Crippen molar-refractivity contribution in [2.24, 2.45) is 4.99 Å². The van der Waals surface area contributed by atoms with E-state index in [1.54, 1.807) is 6.20 Å². The van der Waals surface area contributed by atoms with E-state index in [1.807, 2.05) is 17.0 Å². The first-order valence-electron chi connectivity index (χ1n) is 8.00. The minimum Gasteiger partial charge on any atom is -0.510 e. The number of halogens is 1. The lowest BCUT2D eigenvalue weighted by molar-refractivity contribution is 0.360. The van der Waals surface area contributed by atoms with Gasteiger partial charge in [-0.05, 0) is 45.1 Å². The highest BCUT2D eigenvalue weighted by Crippen LogP contribution is 2.18. The zero-order valence-electron chi connectivity index (χ0n) is 13.8. The van der Waals surface area contributed by atoms with Gasteiger partial charge in [0.2, 0.25) is 5.95 Å². The first kappa shape index (κ1) is 17.2. The zero-order chi connectivity index (χ0) is 16.7. The molecule has 1 N–H and O–H groups in total. The summed E-state index contributed by atoms with van der Waals surface area (Å²) in [4.78, 5) is 8.66. The van der Waals surface area contributed by atoms with Gasteiger partial charge in [0, 0.05) is 31.6 Å². The lowest BCUT2D eigenvalue weighted by Crippen LogP contribution is -1.99. The van der Waals surface area contributed by atoms with Gasteiger partial charge in [-0.15, -0.1) is 0 Å². The predicted molar refractivity (Wildman–Crippen MR) is 91.7 cm³/mol. The van der Waals surface area contributed by atoms with Crippen LogP contribution in [0, 0.1) is 0 Å². The molecule has 0 saturated heterocycles. The van der Waals surface area contributed by atoms with E-state index >= 15 is 0 Å². The molecule has 5 heteroatoms. The monoisotopic (exact) mass is 317 g/mol. The highest BCUT2D eigenvalue weighted by Gasteiger charge is 2.04. The molecular weight excluding hydrogens is 293 g/mol. The van der Waals surface area contributed by atoms with Crippen LogP contribution in [-0.2, 0) is 6.54 Å². The fraction of sp³-hybridized carbons (Fsp3) is 0.444. The van der Waals surface area contributed by atoms with Crippen molar-refractivity contribution in [3.63, 3.8) is 0 Å². The standard InChI is InChI=1S/C18H24FN3O/c1-14(5-3-7-17(23)15(2)19)8-9-16-6-4-11-22-12-10-20-18(22)21-13-16/h5-6,10,12-13,23H,3-4,7-9,11H2,1-2H3/b14-5+,16-6?,17-15-,21-13-. The second-order valence-electron chi connectivity index (χ2n) is 5.82. The number of aliphatic imine (C=N–C) groups is 1. The summed E-state index contributed by atoms with van der Waals surface area (Å²) in [5.41, 5.74) is 2.46. The smallest absolute Gasteiger partial charge is 0.229 e. The molecule has 2 heterocycles. The lowest BCUT2D eigenvalue weighted by Gasteiger charge is -2.08. The molecule has 23 heavy (non-hydrogen) atoms. The summed E-state index contributed by atoms with van der Waals surface area (Å²) in [6, 6.07) is 0. The van der Waals surface area contributed by atoms with Gasteiger partial charge in [0.1, 0.15) is 11.6 Å². The highest BCUT2D eigenvalue weighted by molar-refractivity contribution is 5.80. The maximum absolute atomic E-state index is 12.7. The van der Waals surface area contributed by atoms with Crippen molar-refractivity contribution in [3.05, 3.63) is 47.3 Å². The Bertz CT molecular complexity index is 649. The van der Waals surface area contributed by atoms with E-state index < -0.39 is 5.83 Å². The molecule has 0 saturated carbocycles. The minimum atomic E-state index is -0.495. The Morgan fingerprint density at radius 1 is 1.39 bits per heavy atom. The second-order valence-corrected chi connectivity index (χ2v) is 5.82. The van der Waals surface area contributed by atoms with Crippen LogP contribution in [0.25, 0.3) is 0 Å². The number of aromatic nitrogens is 2. The minimum absolute atomic E-state index is 0.153. The molecule has 0 fully saturated rings. The van der Waals surface area contributed by atoms with Crippen molar-refractivity contribution in [3.8, 4) is 0 Å². The number of aryl methyl sites for hydroxylation is 1. The second kappa shape index (κ2) is 8.46. The number of nitrogens with zero attached hydrogens (tertiary/aromatic N) is 3. The average Bonchev–Trinajstić information content (AvgIpc) is 2.92. The number of imidazole rings is 1. The van der Waals surface area contributed by atoms with Gasteiger partial charge in [-0.1, -0.05) is 17.7 Å². The predicted octanol–water partition coefficient (Wildman–Crippen LogP) is 5.18. The van der Waals surface area contributed by atoms with Crippen LogP contribution in [0.2, 0.25) is 0 Å². The van der Waals surface area contributed by atoms with Crippen LogP contribution in [-0.4, -0.2) is 20.9 Å². The normalized spacial score (nSPS) is 17.7. The highest BCUT2D eigenvalue weighted by atomic mass is 19.1. The third-order valence-electron chi connectivity index (χ3n) is 3.90. The summed E-state index contributed by atoms with van der Waals surface area (Å²) < 4.78 is 14.8. The molecular formula is C18H24FN3O. The molecule has 0 unspecified atom stereocenters. The molecule has 0 radical (unpaired) electrons. The summed E-state index contributed by atoms with van der Waals surface area (Å²) in [6.07, 6.45) is 13.7. The maximum Gasteiger partial charge on any atom is 0.229 e. The Balaban J connectivity index is 1.83. The molecule has 1 aromatic rings. The Morgan fingerprint density at radius 3 is 3.00 bits per heavy atom. The fourth-order valence-corrected chi connectivity index (χ4v) is 2.42. The molecule has 0 aliphatic carbocycles. The van der Waals surface area contributed by atoms with Crippen molar-refractivity contribution >= 4 is 12.2 Å². The molecule has 0 spiro atoms. The molecule has 0 bridgehead atoms. The summed E-state index contributed by atoms with van der Waals surface area (Å²) in [6.45, 7) is 4.24. The van der Waals surface area contributed by atoms with Gasteiger partial charge in [0.15, 0.2) is 0 Å². The van der Waals surface area contributed by atoms with Gasteiger partial charge in [-0.25, -0.2) is 14.4 Å². The van der Waals surface area contributed by atoms with E-state index in [4.69, 9.17) is 0 Å². The molecule has 4 nitrogen and oxygen atoms in total. The van der Waals surface area contributed by atoms with Crippen LogP contribution in [0.5, 0.6) is 0 Å². The summed E-state index contributed by atoms with van der Waals surface area (Å²) in [5, 5.41) is 9.33. The van der Waals surface area contributed by atoms with Crippen molar-refractivity contribution in [1.29, 1.82) is 0 Å². The van der Waals surface area contributed by atoms with E-state index in [0.717, 1.165) is 31.8 Å². The van der Waals surface area contributed by atoms with E-state index in [-0.39, 0.29) is 5.76 Å². The van der Waals surface area contributed by atoms with E-state index in [2.05, 4.69) is 29.1 Å². The molecule has 2 rings (SSSR count). The Kier molecular flexibility index (Phi) is 6.32. The van der Waals surface area contributed by atoms with Crippen LogP contribution >= 0.6 is 0 Å². The van der Waals surface area contributed by atoms with Gasteiger partial charge in [0.25, 0.3) is 0 Å². The third-order valence-corrected chi connectivity index (χ3v) is 3.90. The first-order chi connectivity index (χ1) is 11.1. The first-order valence-corrected chi connectivity index (χ1v) is 8.00. The number of hydrogen-bond donors (Lipinski definition) is 1. The Hall–Kier alpha value is -2.17. The number of hydrogen-bond acceptors (Lipinski definition) is 3. The molecule has 0 aromatic carbocycles. The van der Waals surface area contributed by atoms with E-state index in [1.165, 1.54) is 18.1 Å². The van der Waals surface area contributed by atoms with Gasteiger partial charge in [-0.2, -0.15) is 0 Å². The Morgan fingerprint density at radius 2 is 2.22 bits per heavy atom. The molecule has 0 amide bonds. The fourth-order valence-electron chi connectivity index (χ4n) is 2.42. The number of fused-ring (bicyclic) bond motifs is 1. The SMILES string of the molecule is C/C(F)=C(/O)CC/C=C(\C)CCC1=CCCn2ccnc2/N=C\1. The number of allylic oxidation sites excluding steroid dienone is 6. The number of aliphatic hydroxyl groups excluding tert-OH is 1. The molecule has 1 aromatic heterocycles. The van der Waals surface area contributed by atoms with E-state index in [0.29, 0.717) is 12.8 Å². The quantitative estimate of drug-likeness (QED) is 0.580. The van der Waals surface area contributed by atoms with Gasteiger partial charge < -0.3 is 9.67 Å². The largest absolute Gasteiger partial charge is 0.510 e. The van der Waals surface area contributed by atoms with Gasteiger partial charge >= 0.3 is 0 Å². The average molecular weight is 317 g/mol. The molecule has 1 aliphatic heterocycles. The van der Waals surface area contributed by atoms with Crippen molar-refractivity contribution in [1.82, 2.24) is 9.55 Å². The number of rotatable bonds is 6. The summed E-state index contributed by atoms with van der Waals surface area (Å²) in [7, 11) is 0. The van der Waals surface area contributed by atoms with Crippen molar-refractivity contribution in [2.75, 3.05) is 0 Å². The van der Waals surface area contributed by atoms with E-state index in [9.17, 15) is 9.50 Å². The number of aliphatic hydroxyl groups is 1. The Labute approximate surface area is 136 Å². The van der Waals surface area contributed by atoms with Crippen molar-refractivity contribution in [2.45, 2.75) is 52.5 Å². The van der Waals surface area contributed by atoms with Crippen LogP contribution in [0.15, 0.2) is 52.3 Å².